The Kier molecular flexibility index (Phi) is 11.0. The number of benzene rings is 2. The normalized spacial score (nSPS) is 11.0. The van der Waals surface area contributed by atoms with E-state index in [-0.39, 0.29) is 23.0 Å². The van der Waals surface area contributed by atoms with Gasteiger partial charge in [0.1, 0.15) is 17.5 Å². The third-order valence-corrected chi connectivity index (χ3v) is 3.86. The molecule has 1 atom stereocenters. The lowest BCUT2D eigenvalue weighted by molar-refractivity contribution is -0.192. The van der Waals surface area contributed by atoms with Gasteiger partial charge in [-0.25, -0.2) is 19.2 Å². The van der Waals surface area contributed by atoms with Gasteiger partial charge in [-0.2, -0.15) is 13.2 Å². The number of carbonyl (C=O) groups excluding carboxylic acids is 2. The third-order valence-electron chi connectivity index (χ3n) is 3.86. The van der Waals surface area contributed by atoms with Crippen molar-refractivity contribution in [3.05, 3.63) is 54.1 Å². The Labute approximate surface area is 210 Å². The van der Waals surface area contributed by atoms with E-state index in [1.165, 1.54) is 36.4 Å². The Morgan fingerprint density at radius 2 is 1.37 bits per heavy atom. The fourth-order valence-electron chi connectivity index (χ4n) is 2.24. The maximum Gasteiger partial charge on any atom is 0.490 e. The molecule has 17 heteroatoms. The highest BCUT2D eigenvalue weighted by Crippen LogP contribution is 2.19. The molecule has 204 valence electrons. The van der Waals surface area contributed by atoms with Crippen molar-refractivity contribution in [3.63, 3.8) is 0 Å². The van der Waals surface area contributed by atoms with Crippen LogP contribution in [0.4, 0.5) is 23.7 Å². The quantitative estimate of drug-likeness (QED) is 0.109. The first-order valence-corrected chi connectivity index (χ1v) is 9.85. The Hall–Kier alpha value is -5.35. The SMILES string of the molecule is N=C(N)Nc1ccc(C(=O)Oc2ccc(OC(=O)N[C@@H](CC(=O)O)C(=O)O)cc2)cc1.O=C(O)C(F)(F)F. The van der Waals surface area contributed by atoms with Crippen molar-refractivity contribution < 1.29 is 61.9 Å². The molecule has 1 amide bonds. The highest BCUT2D eigenvalue weighted by Gasteiger charge is 2.38. The molecule has 0 aromatic heterocycles. The van der Waals surface area contributed by atoms with Crippen molar-refractivity contribution in [1.82, 2.24) is 5.32 Å². The average molecular weight is 544 g/mol. The van der Waals surface area contributed by atoms with Gasteiger partial charge in [-0.15, -0.1) is 0 Å². The summed E-state index contributed by atoms with van der Waals surface area (Å²) in [5, 5.41) is 36.3. The molecule has 0 radical (unpaired) electrons. The van der Waals surface area contributed by atoms with Crippen molar-refractivity contribution in [2.75, 3.05) is 5.32 Å². The van der Waals surface area contributed by atoms with E-state index in [1.54, 1.807) is 12.1 Å². The fourth-order valence-corrected chi connectivity index (χ4v) is 2.24. The number of nitrogens with two attached hydrogens (primary N) is 1. The summed E-state index contributed by atoms with van der Waals surface area (Å²) in [7, 11) is 0. The number of carboxylic acid groups (broad SMARTS) is 3. The summed E-state index contributed by atoms with van der Waals surface area (Å²) in [5.41, 5.74) is 5.99. The van der Waals surface area contributed by atoms with E-state index < -0.39 is 48.6 Å². The second kappa shape index (κ2) is 13.7. The van der Waals surface area contributed by atoms with E-state index in [9.17, 15) is 32.3 Å². The molecule has 0 aliphatic rings. The molecule has 0 unspecified atom stereocenters. The number of guanidine groups is 1. The molecule has 0 spiro atoms. The minimum Gasteiger partial charge on any atom is -0.481 e. The van der Waals surface area contributed by atoms with E-state index in [0.29, 0.717) is 5.69 Å². The number of anilines is 1. The van der Waals surface area contributed by atoms with Crippen molar-refractivity contribution >= 4 is 41.6 Å². The molecule has 2 rings (SSSR count). The molecule has 0 heterocycles. The van der Waals surface area contributed by atoms with Gasteiger partial charge in [0.05, 0.1) is 12.0 Å². The minimum absolute atomic E-state index is 0.0106. The molecule has 2 aromatic carbocycles. The molecule has 0 saturated carbocycles. The Morgan fingerprint density at radius 3 is 1.76 bits per heavy atom. The monoisotopic (exact) mass is 544 g/mol. The lowest BCUT2D eigenvalue weighted by Gasteiger charge is -2.12. The van der Waals surface area contributed by atoms with Gasteiger partial charge >= 0.3 is 36.1 Å². The number of alkyl halides is 3. The van der Waals surface area contributed by atoms with Crippen LogP contribution in [0.3, 0.4) is 0 Å². The van der Waals surface area contributed by atoms with Gasteiger partial charge in [-0.3, -0.25) is 10.2 Å². The minimum atomic E-state index is -5.08. The van der Waals surface area contributed by atoms with Crippen LogP contribution in [0.15, 0.2) is 48.5 Å². The number of hydrogen-bond donors (Lipinski definition) is 7. The molecule has 38 heavy (non-hydrogen) atoms. The molecule has 0 aliphatic heterocycles. The number of nitrogens with one attached hydrogen (secondary N) is 3. The number of halogens is 3. The van der Waals surface area contributed by atoms with E-state index in [0.717, 1.165) is 0 Å². The van der Waals surface area contributed by atoms with E-state index in [1.807, 2.05) is 5.32 Å². The van der Waals surface area contributed by atoms with Gasteiger partial charge in [0.15, 0.2) is 5.96 Å². The van der Waals surface area contributed by atoms with Crippen molar-refractivity contribution in [3.8, 4) is 11.5 Å². The summed E-state index contributed by atoms with van der Waals surface area (Å²) in [6.45, 7) is 0. The van der Waals surface area contributed by atoms with Crippen LogP contribution in [0.25, 0.3) is 0 Å². The molecule has 0 saturated heterocycles. The predicted molar refractivity (Wildman–Crippen MR) is 120 cm³/mol. The van der Waals surface area contributed by atoms with Crippen LogP contribution in [-0.2, 0) is 14.4 Å². The van der Waals surface area contributed by atoms with Gasteiger partial charge in [0, 0.05) is 5.69 Å². The highest BCUT2D eigenvalue weighted by molar-refractivity contribution is 5.93. The first kappa shape index (κ1) is 30.7. The first-order chi connectivity index (χ1) is 17.6. The van der Waals surface area contributed by atoms with Crippen LogP contribution in [0.5, 0.6) is 11.5 Å². The summed E-state index contributed by atoms with van der Waals surface area (Å²) in [6.07, 6.45) is -7.05. The maximum absolute atomic E-state index is 12.2. The first-order valence-electron chi connectivity index (χ1n) is 9.85. The molecule has 0 bridgehead atoms. The summed E-state index contributed by atoms with van der Waals surface area (Å²) in [6, 6.07) is 9.68. The van der Waals surface area contributed by atoms with Crippen LogP contribution in [0.1, 0.15) is 16.8 Å². The van der Waals surface area contributed by atoms with Crippen molar-refractivity contribution in [1.29, 1.82) is 5.41 Å². The number of esters is 1. The zero-order chi connectivity index (χ0) is 29.0. The van der Waals surface area contributed by atoms with Gasteiger partial charge in [-0.05, 0) is 48.5 Å². The number of amides is 1. The van der Waals surface area contributed by atoms with Gasteiger partial charge in [-0.1, -0.05) is 0 Å². The number of aliphatic carboxylic acids is 3. The van der Waals surface area contributed by atoms with E-state index >= 15 is 0 Å². The third kappa shape index (κ3) is 11.4. The van der Waals surface area contributed by atoms with Crippen LogP contribution >= 0.6 is 0 Å². The Balaban J connectivity index is 0.000000905. The Bertz CT molecular complexity index is 1190. The number of rotatable bonds is 8. The molecule has 2 aromatic rings. The molecule has 0 aliphatic carbocycles. The lowest BCUT2D eigenvalue weighted by atomic mass is 10.2. The van der Waals surface area contributed by atoms with E-state index in [2.05, 4.69) is 5.32 Å². The van der Waals surface area contributed by atoms with Gasteiger partial charge in [0.25, 0.3) is 0 Å². The van der Waals surface area contributed by atoms with Crippen LogP contribution in [-0.4, -0.2) is 63.5 Å². The molecule has 0 fully saturated rings. The highest BCUT2D eigenvalue weighted by atomic mass is 19.4. The lowest BCUT2D eigenvalue weighted by Crippen LogP contribution is -2.43. The van der Waals surface area contributed by atoms with E-state index in [4.69, 9.17) is 40.7 Å². The summed E-state index contributed by atoms with van der Waals surface area (Å²) in [5.74, 6) is -6.41. The van der Waals surface area contributed by atoms with Gasteiger partial charge < -0.3 is 41.2 Å². The summed E-state index contributed by atoms with van der Waals surface area (Å²) in [4.78, 5) is 54.4. The molecular formula is C21H19F3N4O10. The molecule has 14 nitrogen and oxygen atoms in total. The number of carbonyl (C=O) groups is 5. The fraction of sp³-hybridized carbons (Fsp3) is 0.143. The zero-order valence-electron chi connectivity index (χ0n) is 18.8. The second-order valence-corrected chi connectivity index (χ2v) is 6.80. The second-order valence-electron chi connectivity index (χ2n) is 6.80. The van der Waals surface area contributed by atoms with Crippen molar-refractivity contribution in [2.24, 2.45) is 5.73 Å². The number of ether oxygens (including phenoxy) is 2. The topological polar surface area (TPSA) is 238 Å². The standard InChI is InChI=1S/C19H18N4O8.C2HF3O2/c20-18(21)22-11-3-1-10(2-4-11)17(28)30-12-5-7-13(8-6-12)31-19(29)23-14(16(26)27)9-15(24)25;3-2(4,5)1(6)7/h1-8,14H,9H2,(H,23,29)(H,24,25)(H,26,27)(H4,20,21,22);(H,6,7)/t14-;/m0./s1. The van der Waals surface area contributed by atoms with Crippen LogP contribution < -0.4 is 25.8 Å². The average Bonchev–Trinajstić information content (AvgIpc) is 2.79. The predicted octanol–water partition coefficient (Wildman–Crippen LogP) is 1.86. The Morgan fingerprint density at radius 1 is 0.895 bits per heavy atom. The maximum atomic E-state index is 12.2. The summed E-state index contributed by atoms with van der Waals surface area (Å²) >= 11 is 0. The summed E-state index contributed by atoms with van der Waals surface area (Å²) < 4.78 is 41.8. The zero-order valence-corrected chi connectivity index (χ0v) is 18.8. The smallest absolute Gasteiger partial charge is 0.481 e. The molecule has 8 N–H and O–H groups in total. The van der Waals surface area contributed by atoms with Gasteiger partial charge in [0.2, 0.25) is 0 Å². The number of hydrogen-bond acceptors (Lipinski definition) is 8. The van der Waals surface area contributed by atoms with Crippen LogP contribution in [0.2, 0.25) is 0 Å². The number of carboxylic acids is 3. The van der Waals surface area contributed by atoms with Crippen molar-refractivity contribution in [2.45, 2.75) is 18.6 Å². The largest absolute Gasteiger partial charge is 0.490 e. The van der Waals surface area contributed by atoms with Crippen LogP contribution in [0, 0.1) is 5.41 Å². The molecular weight excluding hydrogens is 525 g/mol.